The van der Waals surface area contributed by atoms with E-state index in [2.05, 4.69) is 10.2 Å². The summed E-state index contributed by atoms with van der Waals surface area (Å²) in [6, 6.07) is 10.6. The van der Waals surface area contributed by atoms with Crippen molar-refractivity contribution in [2.24, 2.45) is 0 Å². The molecule has 1 heterocycles. The lowest BCUT2D eigenvalue weighted by Gasteiger charge is -2.05. The van der Waals surface area contributed by atoms with Gasteiger partial charge in [0, 0.05) is 11.6 Å². The minimum Gasteiger partial charge on any atom is -0.494 e. The third-order valence-electron chi connectivity index (χ3n) is 2.43. The molecule has 0 spiro atoms. The summed E-state index contributed by atoms with van der Waals surface area (Å²) in [5, 5.41) is 16.4. The summed E-state index contributed by atoms with van der Waals surface area (Å²) >= 11 is 0. The van der Waals surface area contributed by atoms with E-state index in [-0.39, 0.29) is 5.69 Å². The fraction of sp³-hybridized carbons (Fsp3) is 0.0769. The van der Waals surface area contributed by atoms with E-state index in [9.17, 15) is 4.79 Å². The van der Waals surface area contributed by atoms with Gasteiger partial charge >= 0.3 is 0 Å². The number of hydrogen-bond donors (Lipinski definition) is 0. The molecule has 0 atom stereocenters. The normalized spacial score (nSPS) is 9.56. The van der Waals surface area contributed by atoms with Crippen LogP contribution in [0, 0.1) is 11.3 Å². The van der Waals surface area contributed by atoms with Crippen molar-refractivity contribution < 1.29 is 9.53 Å². The van der Waals surface area contributed by atoms with E-state index in [0.29, 0.717) is 23.3 Å². The van der Waals surface area contributed by atoms with E-state index in [1.165, 1.54) is 7.11 Å². The maximum absolute atomic E-state index is 10.7. The van der Waals surface area contributed by atoms with Gasteiger partial charge in [-0.25, -0.2) is 0 Å². The van der Waals surface area contributed by atoms with Crippen LogP contribution < -0.4 is 4.74 Å². The van der Waals surface area contributed by atoms with Gasteiger partial charge in [-0.05, 0) is 12.1 Å². The van der Waals surface area contributed by atoms with Gasteiger partial charge in [0.2, 0.25) is 0 Å². The number of aldehydes is 1. The van der Waals surface area contributed by atoms with E-state index < -0.39 is 0 Å². The Morgan fingerprint density at radius 1 is 1.28 bits per heavy atom. The molecule has 0 aliphatic carbocycles. The van der Waals surface area contributed by atoms with Crippen molar-refractivity contribution >= 4 is 6.29 Å². The number of methoxy groups -OCH3 is 1. The highest BCUT2D eigenvalue weighted by Crippen LogP contribution is 2.22. The number of nitrogens with zero attached hydrogens (tertiary/aromatic N) is 3. The van der Waals surface area contributed by atoms with Crippen LogP contribution in [-0.4, -0.2) is 23.6 Å². The van der Waals surface area contributed by atoms with Gasteiger partial charge in [-0.1, -0.05) is 12.1 Å². The molecule has 88 valence electrons. The molecule has 18 heavy (non-hydrogen) atoms. The van der Waals surface area contributed by atoms with Crippen LogP contribution >= 0.6 is 0 Å². The molecule has 0 aliphatic rings. The average molecular weight is 239 g/mol. The zero-order valence-corrected chi connectivity index (χ0v) is 9.62. The zero-order valence-electron chi connectivity index (χ0n) is 9.62. The molecule has 5 heteroatoms. The second-order valence-electron chi connectivity index (χ2n) is 3.49. The summed E-state index contributed by atoms with van der Waals surface area (Å²) in [5.41, 5.74) is 2.12. The van der Waals surface area contributed by atoms with Gasteiger partial charge in [0.1, 0.15) is 0 Å². The van der Waals surface area contributed by atoms with Crippen LogP contribution in [0.5, 0.6) is 5.75 Å². The number of hydrogen-bond acceptors (Lipinski definition) is 5. The Morgan fingerprint density at radius 3 is 2.56 bits per heavy atom. The van der Waals surface area contributed by atoms with E-state index in [1.54, 1.807) is 30.3 Å². The minimum absolute atomic E-state index is 0.162. The molecular formula is C13H9N3O2. The average Bonchev–Trinajstić information content (AvgIpc) is 2.46. The number of rotatable bonds is 3. The molecule has 2 rings (SSSR count). The highest BCUT2D eigenvalue weighted by Gasteiger charge is 2.08. The van der Waals surface area contributed by atoms with Crippen LogP contribution in [0.15, 0.2) is 30.3 Å². The monoisotopic (exact) mass is 239 g/mol. The number of carbonyl (C=O) groups is 1. The van der Waals surface area contributed by atoms with Gasteiger partial charge < -0.3 is 4.74 Å². The van der Waals surface area contributed by atoms with Gasteiger partial charge in [0.05, 0.1) is 24.4 Å². The molecule has 1 aromatic heterocycles. The first-order chi connectivity index (χ1) is 8.78. The fourth-order valence-electron chi connectivity index (χ4n) is 1.49. The van der Waals surface area contributed by atoms with Gasteiger partial charge in [0.15, 0.2) is 17.7 Å². The maximum atomic E-state index is 10.7. The van der Waals surface area contributed by atoms with Gasteiger partial charge in [-0.3, -0.25) is 4.79 Å². The van der Waals surface area contributed by atoms with Crippen molar-refractivity contribution in [2.45, 2.75) is 0 Å². The lowest BCUT2D eigenvalue weighted by Crippen LogP contribution is -1.98. The zero-order chi connectivity index (χ0) is 13.0. The third kappa shape index (κ3) is 2.18. The van der Waals surface area contributed by atoms with E-state index in [1.807, 2.05) is 6.07 Å². The first-order valence-electron chi connectivity index (χ1n) is 5.16. The number of carbonyl (C=O) groups excluding carboxylic acids is 1. The second kappa shape index (κ2) is 5.06. The molecule has 1 aromatic carbocycles. The summed E-state index contributed by atoms with van der Waals surface area (Å²) in [6.07, 6.45) is 0.592. The smallest absolute Gasteiger partial charge is 0.174 e. The predicted octanol–water partition coefficient (Wildman–Crippen LogP) is 1.84. The fourth-order valence-corrected chi connectivity index (χ4v) is 1.49. The quantitative estimate of drug-likeness (QED) is 0.764. The molecule has 0 aliphatic heterocycles. The minimum atomic E-state index is 0.162. The van der Waals surface area contributed by atoms with Crippen molar-refractivity contribution in [1.29, 1.82) is 5.26 Å². The van der Waals surface area contributed by atoms with E-state index in [0.717, 1.165) is 5.56 Å². The second-order valence-corrected chi connectivity index (χ2v) is 3.49. The Bertz CT molecular complexity index is 615. The molecule has 0 saturated heterocycles. The molecule has 0 amide bonds. The van der Waals surface area contributed by atoms with Crippen molar-refractivity contribution in [1.82, 2.24) is 10.2 Å². The van der Waals surface area contributed by atoms with Crippen LogP contribution in [0.4, 0.5) is 0 Å². The summed E-state index contributed by atoms with van der Waals surface area (Å²) < 4.78 is 5.06. The molecule has 0 radical (unpaired) electrons. The Balaban J connectivity index is 2.44. The topological polar surface area (TPSA) is 75.9 Å². The van der Waals surface area contributed by atoms with Crippen LogP contribution in [-0.2, 0) is 0 Å². The van der Waals surface area contributed by atoms with Gasteiger partial charge in [0.25, 0.3) is 0 Å². The largest absolute Gasteiger partial charge is 0.494 e. The standard InChI is InChI=1S/C13H9N3O2/c1-18-13-6-11(15-16-12(13)8-17)10-4-2-9(7-14)3-5-10/h2-6,8H,1H3. The Kier molecular flexibility index (Phi) is 3.30. The van der Waals surface area contributed by atoms with Gasteiger partial charge in [-0.2, -0.15) is 5.26 Å². The molecule has 0 unspecified atom stereocenters. The van der Waals surface area contributed by atoms with Crippen molar-refractivity contribution in [3.05, 3.63) is 41.6 Å². The molecule has 0 fully saturated rings. The van der Waals surface area contributed by atoms with Crippen molar-refractivity contribution in [2.75, 3.05) is 7.11 Å². The number of aromatic nitrogens is 2. The lowest BCUT2D eigenvalue weighted by atomic mass is 10.1. The molecular weight excluding hydrogens is 230 g/mol. The molecule has 2 aromatic rings. The van der Waals surface area contributed by atoms with Crippen LogP contribution in [0.1, 0.15) is 16.1 Å². The van der Waals surface area contributed by atoms with Crippen molar-refractivity contribution in [3.63, 3.8) is 0 Å². The van der Waals surface area contributed by atoms with Crippen LogP contribution in [0.2, 0.25) is 0 Å². The summed E-state index contributed by atoms with van der Waals surface area (Å²) in [7, 11) is 1.46. The SMILES string of the molecule is COc1cc(-c2ccc(C#N)cc2)nnc1C=O. The first-order valence-corrected chi connectivity index (χ1v) is 5.16. The number of nitriles is 1. The first kappa shape index (κ1) is 11.7. The van der Waals surface area contributed by atoms with Crippen LogP contribution in [0.3, 0.4) is 0 Å². The van der Waals surface area contributed by atoms with E-state index in [4.69, 9.17) is 10.00 Å². The third-order valence-corrected chi connectivity index (χ3v) is 2.43. The summed E-state index contributed by atoms with van der Waals surface area (Å²) in [4.78, 5) is 10.7. The van der Waals surface area contributed by atoms with Crippen LogP contribution in [0.25, 0.3) is 11.3 Å². The lowest BCUT2D eigenvalue weighted by molar-refractivity contribution is 0.111. The number of benzene rings is 1. The van der Waals surface area contributed by atoms with E-state index >= 15 is 0 Å². The van der Waals surface area contributed by atoms with Crippen molar-refractivity contribution in [3.8, 4) is 23.1 Å². The summed E-state index contributed by atoms with van der Waals surface area (Å²) in [6.45, 7) is 0. The Hall–Kier alpha value is -2.74. The molecule has 0 N–H and O–H groups in total. The number of ether oxygens (including phenoxy) is 1. The summed E-state index contributed by atoms with van der Waals surface area (Å²) in [5.74, 6) is 0.374. The Morgan fingerprint density at radius 2 is 2.00 bits per heavy atom. The van der Waals surface area contributed by atoms with Gasteiger partial charge in [-0.15, -0.1) is 10.2 Å². The highest BCUT2D eigenvalue weighted by molar-refractivity contribution is 5.77. The molecule has 5 nitrogen and oxygen atoms in total. The Labute approximate surface area is 104 Å². The predicted molar refractivity (Wildman–Crippen MR) is 64.1 cm³/mol. The highest BCUT2D eigenvalue weighted by atomic mass is 16.5. The maximum Gasteiger partial charge on any atom is 0.174 e. The molecule has 0 bridgehead atoms. The molecule has 0 saturated carbocycles.